The summed E-state index contributed by atoms with van der Waals surface area (Å²) in [5.41, 5.74) is 11.9. The molecule has 0 atom stereocenters. The van der Waals surface area contributed by atoms with Gasteiger partial charge in [-0.1, -0.05) is 36.4 Å². The zero-order chi connectivity index (χ0) is 16.3. The second-order valence-corrected chi connectivity index (χ2v) is 6.45. The Morgan fingerprint density at radius 1 is 0.875 bits per heavy atom. The van der Waals surface area contributed by atoms with Gasteiger partial charge in [0.25, 0.3) is 0 Å². The quantitative estimate of drug-likeness (QED) is 0.500. The minimum absolute atomic E-state index is 0.252. The molecular weight excluding hydrogens is 296 g/mol. The number of aromatic nitrogens is 1. The number of Topliss-reactive ketones (excluding diaryl/α,β-unsaturated/α-hetero) is 1. The van der Waals surface area contributed by atoms with Gasteiger partial charge in [0.1, 0.15) is 0 Å². The molecular formula is C21H16N2O. The molecule has 0 fully saturated rings. The predicted octanol–water partition coefficient (Wildman–Crippen LogP) is 4.70. The number of rotatable bonds is 1. The van der Waals surface area contributed by atoms with Crippen molar-refractivity contribution in [3.8, 4) is 11.1 Å². The van der Waals surface area contributed by atoms with E-state index in [9.17, 15) is 4.79 Å². The zero-order valence-corrected chi connectivity index (χ0v) is 13.1. The molecule has 0 radical (unpaired) electrons. The lowest BCUT2D eigenvalue weighted by molar-refractivity contribution is 0.0996. The minimum Gasteiger partial charge on any atom is -0.399 e. The fourth-order valence-electron chi connectivity index (χ4n) is 3.81. The van der Waals surface area contributed by atoms with Gasteiger partial charge in [0.2, 0.25) is 0 Å². The lowest BCUT2D eigenvalue weighted by Crippen LogP contribution is -1.90. The minimum atomic E-state index is 0.252. The smallest absolute Gasteiger partial charge is 0.165 e. The summed E-state index contributed by atoms with van der Waals surface area (Å²) in [5.74, 6) is 0.252. The van der Waals surface area contributed by atoms with Crippen LogP contribution < -0.4 is 5.73 Å². The second kappa shape index (κ2) is 4.71. The molecule has 0 unspecified atom stereocenters. The number of carbonyl (C=O) groups excluding carboxylic acids is 1. The summed E-state index contributed by atoms with van der Waals surface area (Å²) in [5, 5.41) is 3.36. The summed E-state index contributed by atoms with van der Waals surface area (Å²) < 4.78 is 0. The fraction of sp³-hybridized carbons (Fsp3) is 0.0952. The topological polar surface area (TPSA) is 58.9 Å². The van der Waals surface area contributed by atoms with Crippen LogP contribution in [-0.4, -0.2) is 10.8 Å². The molecule has 0 saturated carbocycles. The molecule has 0 amide bonds. The van der Waals surface area contributed by atoms with Crippen LogP contribution >= 0.6 is 0 Å². The Hall–Kier alpha value is -3.07. The van der Waals surface area contributed by atoms with Crippen LogP contribution in [0.15, 0.2) is 54.6 Å². The number of hydrogen-bond donors (Lipinski definition) is 2. The van der Waals surface area contributed by atoms with Crippen molar-refractivity contribution in [2.24, 2.45) is 0 Å². The Bertz CT molecular complexity index is 1140. The Labute approximate surface area is 139 Å². The van der Waals surface area contributed by atoms with Gasteiger partial charge in [-0.3, -0.25) is 4.79 Å². The molecule has 1 aliphatic rings. The number of nitrogens with one attached hydrogen (secondary N) is 1. The third-order valence-corrected chi connectivity index (χ3v) is 4.97. The Morgan fingerprint density at radius 2 is 1.71 bits per heavy atom. The Balaban J connectivity index is 1.81. The molecule has 0 aliphatic heterocycles. The molecule has 5 rings (SSSR count). The molecule has 1 aromatic heterocycles. The SMILES string of the molecule is Nc1cccc(-c2ccc3ccc4c5c([nH]c4c3c2)CCC5=O)c1. The average molecular weight is 312 g/mol. The average Bonchev–Trinajstić information content (AvgIpc) is 3.14. The molecule has 116 valence electrons. The number of aryl methyl sites for hydroxylation is 1. The van der Waals surface area contributed by atoms with E-state index in [1.165, 1.54) is 5.39 Å². The maximum Gasteiger partial charge on any atom is 0.165 e. The van der Waals surface area contributed by atoms with Crippen LogP contribution in [0.5, 0.6) is 0 Å². The largest absolute Gasteiger partial charge is 0.399 e. The van der Waals surface area contributed by atoms with E-state index in [-0.39, 0.29) is 5.78 Å². The summed E-state index contributed by atoms with van der Waals surface area (Å²) in [6.07, 6.45) is 1.44. The van der Waals surface area contributed by atoms with Crippen molar-refractivity contribution < 1.29 is 4.79 Å². The van der Waals surface area contributed by atoms with Gasteiger partial charge in [0.05, 0.1) is 5.52 Å². The highest BCUT2D eigenvalue weighted by atomic mass is 16.1. The molecule has 24 heavy (non-hydrogen) atoms. The first-order valence-corrected chi connectivity index (χ1v) is 8.17. The predicted molar refractivity (Wildman–Crippen MR) is 98.3 cm³/mol. The molecule has 0 spiro atoms. The number of benzene rings is 3. The molecule has 0 saturated heterocycles. The summed E-state index contributed by atoms with van der Waals surface area (Å²) in [6, 6.07) is 18.5. The van der Waals surface area contributed by atoms with Gasteiger partial charge in [-0.2, -0.15) is 0 Å². The monoisotopic (exact) mass is 312 g/mol. The van der Waals surface area contributed by atoms with E-state index in [2.05, 4.69) is 41.4 Å². The van der Waals surface area contributed by atoms with E-state index >= 15 is 0 Å². The van der Waals surface area contributed by atoms with Gasteiger partial charge >= 0.3 is 0 Å². The first kappa shape index (κ1) is 13.4. The van der Waals surface area contributed by atoms with Crippen molar-refractivity contribution in [3.05, 3.63) is 65.9 Å². The van der Waals surface area contributed by atoms with Gasteiger partial charge in [0, 0.05) is 34.1 Å². The van der Waals surface area contributed by atoms with Crippen LogP contribution in [0.2, 0.25) is 0 Å². The lowest BCUT2D eigenvalue weighted by atomic mass is 9.98. The number of anilines is 1. The maximum atomic E-state index is 12.2. The summed E-state index contributed by atoms with van der Waals surface area (Å²) >= 11 is 0. The van der Waals surface area contributed by atoms with Gasteiger partial charge < -0.3 is 10.7 Å². The van der Waals surface area contributed by atoms with Crippen molar-refractivity contribution in [1.29, 1.82) is 0 Å². The number of aromatic amines is 1. The Morgan fingerprint density at radius 3 is 2.58 bits per heavy atom. The first-order valence-electron chi connectivity index (χ1n) is 8.17. The standard InChI is InChI=1S/C21H16N2O/c22-15-3-1-2-13(10-15)14-5-4-12-6-7-16-20-18(8-9-19(20)24)23-21(16)17(12)11-14/h1-7,10-11,23H,8-9,22H2. The van der Waals surface area contributed by atoms with E-state index in [1.54, 1.807) is 0 Å². The number of fused-ring (bicyclic) bond motifs is 5. The molecule has 3 aromatic carbocycles. The molecule has 3 heteroatoms. The van der Waals surface area contributed by atoms with Crippen molar-refractivity contribution >= 4 is 33.1 Å². The number of hydrogen-bond acceptors (Lipinski definition) is 2. The summed E-state index contributed by atoms with van der Waals surface area (Å²) in [7, 11) is 0. The lowest BCUT2D eigenvalue weighted by Gasteiger charge is -2.07. The van der Waals surface area contributed by atoms with Crippen LogP contribution in [0.25, 0.3) is 32.8 Å². The van der Waals surface area contributed by atoms with E-state index < -0.39 is 0 Å². The summed E-state index contributed by atoms with van der Waals surface area (Å²) in [4.78, 5) is 15.7. The number of nitrogen functional groups attached to an aromatic ring is 1. The van der Waals surface area contributed by atoms with E-state index in [0.29, 0.717) is 6.42 Å². The van der Waals surface area contributed by atoms with Crippen LogP contribution in [-0.2, 0) is 6.42 Å². The number of carbonyl (C=O) groups is 1. The van der Waals surface area contributed by atoms with E-state index in [4.69, 9.17) is 5.73 Å². The van der Waals surface area contributed by atoms with Gasteiger partial charge in [-0.05, 0) is 41.1 Å². The van der Waals surface area contributed by atoms with Crippen LogP contribution in [0, 0.1) is 0 Å². The molecule has 1 aliphatic carbocycles. The fourth-order valence-corrected chi connectivity index (χ4v) is 3.81. The second-order valence-electron chi connectivity index (χ2n) is 6.45. The van der Waals surface area contributed by atoms with Gasteiger partial charge in [0.15, 0.2) is 5.78 Å². The van der Waals surface area contributed by atoms with Crippen molar-refractivity contribution in [2.75, 3.05) is 5.73 Å². The highest BCUT2D eigenvalue weighted by molar-refractivity contribution is 6.17. The van der Waals surface area contributed by atoms with Crippen LogP contribution in [0.4, 0.5) is 5.69 Å². The molecule has 3 nitrogen and oxygen atoms in total. The highest BCUT2D eigenvalue weighted by Gasteiger charge is 2.25. The zero-order valence-electron chi connectivity index (χ0n) is 13.1. The van der Waals surface area contributed by atoms with E-state index in [0.717, 1.165) is 50.8 Å². The third kappa shape index (κ3) is 1.81. The summed E-state index contributed by atoms with van der Waals surface area (Å²) in [6.45, 7) is 0. The van der Waals surface area contributed by atoms with E-state index in [1.807, 2.05) is 18.2 Å². The number of ketones is 1. The maximum absolute atomic E-state index is 12.2. The third-order valence-electron chi connectivity index (χ3n) is 4.97. The first-order chi connectivity index (χ1) is 11.7. The highest BCUT2D eigenvalue weighted by Crippen LogP contribution is 2.35. The number of nitrogens with two attached hydrogens (primary N) is 1. The van der Waals surface area contributed by atoms with Gasteiger partial charge in [-0.25, -0.2) is 0 Å². The molecule has 4 aromatic rings. The van der Waals surface area contributed by atoms with Crippen molar-refractivity contribution in [3.63, 3.8) is 0 Å². The van der Waals surface area contributed by atoms with Crippen molar-refractivity contribution in [2.45, 2.75) is 12.8 Å². The van der Waals surface area contributed by atoms with Crippen LogP contribution in [0.3, 0.4) is 0 Å². The molecule has 0 bridgehead atoms. The van der Waals surface area contributed by atoms with Gasteiger partial charge in [-0.15, -0.1) is 0 Å². The van der Waals surface area contributed by atoms with Crippen LogP contribution in [0.1, 0.15) is 22.5 Å². The normalized spacial score (nSPS) is 13.8. The number of H-pyrrole nitrogens is 1. The Kier molecular flexibility index (Phi) is 2.63. The van der Waals surface area contributed by atoms with Crippen molar-refractivity contribution in [1.82, 2.24) is 4.98 Å². The molecule has 1 heterocycles. The molecule has 3 N–H and O–H groups in total.